The molecule has 0 radical (unpaired) electrons. The van der Waals surface area contributed by atoms with Gasteiger partial charge in [-0.2, -0.15) is 0 Å². The minimum atomic E-state index is -1.06. The highest BCUT2D eigenvalue weighted by atomic mass is 19.1. The molecule has 2 atom stereocenters. The molecule has 0 bridgehead atoms. The molecule has 264 valence electrons. The third-order valence-corrected chi connectivity index (χ3v) is 9.63. The van der Waals surface area contributed by atoms with Gasteiger partial charge in [-0.05, 0) is 37.5 Å². The minimum Gasteiger partial charge on any atom is -0.497 e. The Bertz CT molecular complexity index is 1780. The number of nitrogens with one attached hydrogen (secondary N) is 2. The minimum absolute atomic E-state index is 0.0325. The lowest BCUT2D eigenvalue weighted by Crippen LogP contribution is -2.54. The van der Waals surface area contributed by atoms with Gasteiger partial charge in [-0.15, -0.1) is 0 Å². The van der Waals surface area contributed by atoms with Crippen molar-refractivity contribution in [3.63, 3.8) is 0 Å². The Kier molecular flexibility index (Phi) is 9.70. The van der Waals surface area contributed by atoms with Gasteiger partial charge in [0, 0.05) is 70.6 Å². The average molecular weight is 692 g/mol. The number of benzene rings is 2. The maximum atomic E-state index is 14.5. The molecule has 4 N–H and O–H groups in total. The number of methoxy groups -OCH3 is 1. The summed E-state index contributed by atoms with van der Waals surface area (Å²) in [5, 5.41) is 4.95. The van der Waals surface area contributed by atoms with Crippen molar-refractivity contribution in [1.82, 2.24) is 25.3 Å². The third kappa shape index (κ3) is 6.69. The predicted molar refractivity (Wildman–Crippen MR) is 176 cm³/mol. The van der Waals surface area contributed by atoms with E-state index in [1.165, 1.54) is 19.2 Å². The number of piperazine rings is 1. The van der Waals surface area contributed by atoms with Gasteiger partial charge < -0.3 is 30.5 Å². The molecule has 7 amide bonds. The average Bonchev–Trinajstić information content (AvgIpc) is 3.67. The number of amides is 7. The topological polar surface area (TPSA) is 192 Å². The fraction of sp³-hybridized carbons (Fsp3) is 0.441. The molecule has 2 aromatic carbocycles. The number of carbonyl (C=O) groups is 7. The zero-order chi connectivity index (χ0) is 35.7. The van der Waals surface area contributed by atoms with Crippen LogP contribution in [0.25, 0.3) is 0 Å². The van der Waals surface area contributed by atoms with Crippen molar-refractivity contribution in [1.29, 1.82) is 0 Å². The van der Waals surface area contributed by atoms with Gasteiger partial charge in [-0.25, -0.2) is 4.39 Å². The molecule has 4 heterocycles. The highest BCUT2D eigenvalue weighted by Crippen LogP contribution is 2.34. The van der Waals surface area contributed by atoms with Crippen molar-refractivity contribution >= 4 is 52.7 Å². The summed E-state index contributed by atoms with van der Waals surface area (Å²) < 4.78 is 19.5. The van der Waals surface area contributed by atoms with E-state index in [1.54, 1.807) is 28.0 Å². The summed E-state index contributed by atoms with van der Waals surface area (Å²) in [5.74, 6) is -3.75. The predicted octanol–water partition coefficient (Wildman–Crippen LogP) is 0.668. The van der Waals surface area contributed by atoms with Gasteiger partial charge in [0.05, 0.1) is 35.2 Å². The molecule has 15 nitrogen and oxygen atoms in total. The molecule has 6 rings (SSSR count). The quantitative estimate of drug-likeness (QED) is 0.249. The van der Waals surface area contributed by atoms with E-state index in [0.29, 0.717) is 51.3 Å². The fourth-order valence-corrected chi connectivity index (χ4v) is 6.93. The first-order chi connectivity index (χ1) is 24.0. The van der Waals surface area contributed by atoms with Crippen molar-refractivity contribution in [3.05, 3.63) is 52.8 Å². The first-order valence-electron chi connectivity index (χ1n) is 16.6. The van der Waals surface area contributed by atoms with Crippen molar-refractivity contribution in [3.8, 4) is 5.75 Å². The van der Waals surface area contributed by atoms with E-state index in [4.69, 9.17) is 10.5 Å². The zero-order valence-corrected chi connectivity index (χ0v) is 27.5. The fourth-order valence-electron chi connectivity index (χ4n) is 6.93. The second-order valence-electron chi connectivity index (χ2n) is 12.7. The number of nitrogens with zero attached hydrogens (tertiary/aromatic N) is 4. The van der Waals surface area contributed by atoms with Crippen LogP contribution in [0.2, 0.25) is 0 Å². The molecule has 3 fully saturated rings. The summed E-state index contributed by atoms with van der Waals surface area (Å²) in [6, 6.07) is 6.10. The number of nitrogens with two attached hydrogens (primary N) is 1. The standard InChI is InChI=1S/C34H38FN7O8/c1-50-20-16-22(30(35)23(36)17-20)31(46)37-19-10-11-41(18-19)28(45)7-3-6-27(44)40-14-12-39(13-15-40)24-5-2-4-21-29(24)34(49)42(33(21)48)25-8-9-26(43)38-32(25)47/h2,4-5,16-17,19,25H,3,6-15,18,36H2,1H3,(H,37,46)(H,38,43,47)/t19-,25?/m0/s1. The summed E-state index contributed by atoms with van der Waals surface area (Å²) >= 11 is 0. The van der Waals surface area contributed by atoms with Crippen LogP contribution in [0.3, 0.4) is 0 Å². The van der Waals surface area contributed by atoms with Crippen LogP contribution in [0.1, 0.15) is 69.6 Å². The number of fused-ring (bicyclic) bond motifs is 1. The van der Waals surface area contributed by atoms with Gasteiger partial charge in [0.15, 0.2) is 5.82 Å². The van der Waals surface area contributed by atoms with Crippen molar-refractivity contribution in [2.45, 2.75) is 50.6 Å². The van der Waals surface area contributed by atoms with E-state index < -0.39 is 41.4 Å². The SMILES string of the molecule is COc1cc(N)c(F)c(C(=O)N[C@H]2CCN(C(=O)CCCC(=O)N3CCN(c4cccc5c4C(=O)N(C4CCC(=O)NC4=O)C5=O)CC3)C2)c1. The van der Waals surface area contributed by atoms with Gasteiger partial charge in [-0.3, -0.25) is 43.8 Å². The van der Waals surface area contributed by atoms with Crippen LogP contribution >= 0.6 is 0 Å². The van der Waals surface area contributed by atoms with Crippen LogP contribution in [0, 0.1) is 5.82 Å². The number of hydrogen-bond acceptors (Lipinski definition) is 10. The van der Waals surface area contributed by atoms with Crippen LogP contribution in [0.4, 0.5) is 15.8 Å². The molecule has 2 aromatic rings. The van der Waals surface area contributed by atoms with Gasteiger partial charge in [0.25, 0.3) is 17.7 Å². The van der Waals surface area contributed by atoms with E-state index in [1.807, 2.05) is 4.90 Å². The molecule has 4 aliphatic rings. The number of imide groups is 2. The summed E-state index contributed by atoms with van der Waals surface area (Å²) in [4.78, 5) is 95.6. The number of rotatable bonds is 9. The highest BCUT2D eigenvalue weighted by molar-refractivity contribution is 6.25. The smallest absolute Gasteiger partial charge is 0.264 e. The van der Waals surface area contributed by atoms with Crippen molar-refractivity contribution < 1.29 is 42.7 Å². The Labute approximate surface area is 286 Å². The molecule has 16 heteroatoms. The number of anilines is 2. The van der Waals surface area contributed by atoms with Crippen LogP contribution < -0.4 is 26.0 Å². The first kappa shape index (κ1) is 34.3. The summed E-state index contributed by atoms with van der Waals surface area (Å²) in [6.45, 7) is 2.27. The van der Waals surface area contributed by atoms with Crippen molar-refractivity contribution in [2.75, 3.05) is 57.0 Å². The van der Waals surface area contributed by atoms with Crippen LogP contribution in [-0.2, 0) is 19.2 Å². The lowest BCUT2D eigenvalue weighted by molar-refractivity contribution is -0.136. The van der Waals surface area contributed by atoms with Crippen LogP contribution in [0.5, 0.6) is 5.75 Å². The number of carbonyl (C=O) groups excluding carboxylic acids is 7. The largest absolute Gasteiger partial charge is 0.497 e. The maximum absolute atomic E-state index is 14.5. The molecule has 50 heavy (non-hydrogen) atoms. The molecule has 3 saturated heterocycles. The number of halogens is 1. The number of likely N-dealkylation sites (tertiary alicyclic amines) is 1. The summed E-state index contributed by atoms with van der Waals surface area (Å²) in [5.41, 5.74) is 6.16. The number of ether oxygens (including phenoxy) is 1. The van der Waals surface area contributed by atoms with Gasteiger partial charge in [0.1, 0.15) is 11.8 Å². The molecule has 4 aliphatic heterocycles. The number of piperidine rings is 1. The summed E-state index contributed by atoms with van der Waals surface area (Å²) in [6.07, 6.45) is 1.27. The van der Waals surface area contributed by atoms with Crippen molar-refractivity contribution in [2.24, 2.45) is 0 Å². The monoisotopic (exact) mass is 691 g/mol. The van der Waals surface area contributed by atoms with E-state index >= 15 is 0 Å². The summed E-state index contributed by atoms with van der Waals surface area (Å²) in [7, 11) is 1.38. The highest BCUT2D eigenvalue weighted by Gasteiger charge is 2.46. The molecular weight excluding hydrogens is 653 g/mol. The maximum Gasteiger partial charge on any atom is 0.264 e. The number of nitrogen functional groups attached to an aromatic ring is 1. The molecule has 0 spiro atoms. The normalized spacial score (nSPS) is 20.6. The van der Waals surface area contributed by atoms with E-state index in [2.05, 4.69) is 10.6 Å². The number of hydrogen-bond donors (Lipinski definition) is 3. The lowest BCUT2D eigenvalue weighted by Gasteiger charge is -2.37. The Morgan fingerprint density at radius 2 is 1.68 bits per heavy atom. The molecule has 0 aliphatic carbocycles. The first-order valence-corrected chi connectivity index (χ1v) is 16.6. The molecule has 0 aromatic heterocycles. The lowest BCUT2D eigenvalue weighted by atomic mass is 10.0. The third-order valence-electron chi connectivity index (χ3n) is 9.63. The second-order valence-corrected chi connectivity index (χ2v) is 12.7. The van der Waals surface area contributed by atoms with Crippen LogP contribution in [-0.4, -0.2) is 115 Å². The molecular formula is C34H38FN7O8. The Balaban J connectivity index is 0.960. The second kappa shape index (κ2) is 14.1. The van der Waals surface area contributed by atoms with Gasteiger partial charge in [0.2, 0.25) is 23.6 Å². The van der Waals surface area contributed by atoms with E-state index in [-0.39, 0.29) is 78.2 Å². The zero-order valence-electron chi connectivity index (χ0n) is 27.5. The van der Waals surface area contributed by atoms with Crippen LogP contribution in [0.15, 0.2) is 30.3 Å². The molecule has 0 saturated carbocycles. The molecule has 1 unspecified atom stereocenters. The van der Waals surface area contributed by atoms with E-state index in [9.17, 15) is 38.0 Å². The Hall–Kier alpha value is -5.54. The Morgan fingerprint density at radius 1 is 0.960 bits per heavy atom. The van der Waals surface area contributed by atoms with Gasteiger partial charge >= 0.3 is 0 Å². The Morgan fingerprint density at radius 3 is 2.38 bits per heavy atom. The van der Waals surface area contributed by atoms with Gasteiger partial charge in [-0.1, -0.05) is 6.07 Å². The van der Waals surface area contributed by atoms with E-state index in [0.717, 1.165) is 4.90 Å².